The lowest BCUT2D eigenvalue weighted by Gasteiger charge is -2.21. The van der Waals surface area contributed by atoms with Gasteiger partial charge in [0.15, 0.2) is 0 Å². The molecular weight excluding hydrogens is 168 g/mol. The van der Waals surface area contributed by atoms with E-state index in [9.17, 15) is 9.59 Å². The van der Waals surface area contributed by atoms with E-state index in [0.29, 0.717) is 13.1 Å². The molecule has 4 nitrogen and oxygen atoms in total. The van der Waals surface area contributed by atoms with Gasteiger partial charge in [0.2, 0.25) is 11.8 Å². The summed E-state index contributed by atoms with van der Waals surface area (Å²) in [4.78, 5) is 23.8. The topological polar surface area (TPSA) is 63.4 Å². The summed E-state index contributed by atoms with van der Waals surface area (Å²) in [5.74, 6) is -0.714. The molecule has 0 heterocycles. The minimum atomic E-state index is -0.423. The third-order valence-corrected chi connectivity index (χ3v) is 2.00. The Morgan fingerprint density at radius 2 is 1.77 bits per heavy atom. The van der Waals surface area contributed by atoms with Crippen molar-refractivity contribution in [2.75, 3.05) is 13.1 Å². The fraction of sp³-hybridized carbons (Fsp3) is 0.778. The van der Waals surface area contributed by atoms with E-state index in [1.807, 2.05) is 13.8 Å². The molecule has 0 aromatic heterocycles. The molecular formula is C9H18N2O2. The Balaban J connectivity index is 4.14. The predicted octanol–water partition coefficient (Wildman–Crippen LogP) is 0.366. The number of nitrogens with two attached hydrogens (primary N) is 1. The standard InChI is InChI=1S/C9H18N2O2/c1-4-11(5-2)9(13)7(3)6-8(10)12/h7H,4-6H2,1-3H3,(H2,10,12). The molecule has 2 N–H and O–H groups in total. The Morgan fingerprint density at radius 1 is 1.31 bits per heavy atom. The van der Waals surface area contributed by atoms with Crippen molar-refractivity contribution in [2.45, 2.75) is 27.2 Å². The summed E-state index contributed by atoms with van der Waals surface area (Å²) in [6.45, 7) is 6.92. The van der Waals surface area contributed by atoms with Crippen LogP contribution in [0.15, 0.2) is 0 Å². The van der Waals surface area contributed by atoms with Gasteiger partial charge < -0.3 is 10.6 Å². The highest BCUT2D eigenvalue weighted by Gasteiger charge is 2.19. The third-order valence-electron chi connectivity index (χ3n) is 2.00. The summed E-state index contributed by atoms with van der Waals surface area (Å²) in [5, 5.41) is 0. The van der Waals surface area contributed by atoms with Crippen LogP contribution in [0.3, 0.4) is 0 Å². The predicted molar refractivity (Wildman–Crippen MR) is 50.9 cm³/mol. The van der Waals surface area contributed by atoms with Crippen molar-refractivity contribution < 1.29 is 9.59 Å². The number of hydrogen-bond acceptors (Lipinski definition) is 2. The van der Waals surface area contributed by atoms with E-state index in [1.54, 1.807) is 11.8 Å². The highest BCUT2D eigenvalue weighted by Crippen LogP contribution is 2.06. The maximum atomic E-state index is 11.6. The minimum absolute atomic E-state index is 0.00352. The van der Waals surface area contributed by atoms with Gasteiger partial charge in [-0.1, -0.05) is 6.92 Å². The molecule has 1 unspecified atom stereocenters. The Bertz CT molecular complexity index is 188. The molecule has 76 valence electrons. The van der Waals surface area contributed by atoms with Gasteiger partial charge in [-0.25, -0.2) is 0 Å². The molecule has 0 aliphatic rings. The number of hydrogen-bond donors (Lipinski definition) is 1. The first-order valence-electron chi connectivity index (χ1n) is 4.60. The van der Waals surface area contributed by atoms with E-state index < -0.39 is 5.91 Å². The normalized spacial score (nSPS) is 12.2. The summed E-state index contributed by atoms with van der Waals surface area (Å²) in [6.07, 6.45) is 0.134. The van der Waals surface area contributed by atoms with E-state index in [4.69, 9.17) is 5.73 Å². The molecule has 2 amide bonds. The molecule has 0 saturated heterocycles. The highest BCUT2D eigenvalue weighted by molar-refractivity contribution is 5.84. The Labute approximate surface area is 79.1 Å². The van der Waals surface area contributed by atoms with Crippen LogP contribution in [0, 0.1) is 5.92 Å². The zero-order chi connectivity index (χ0) is 10.4. The maximum Gasteiger partial charge on any atom is 0.225 e. The van der Waals surface area contributed by atoms with E-state index in [0.717, 1.165) is 0 Å². The fourth-order valence-corrected chi connectivity index (χ4v) is 1.24. The van der Waals surface area contributed by atoms with Crippen LogP contribution in [0.4, 0.5) is 0 Å². The molecule has 0 fully saturated rings. The summed E-state index contributed by atoms with van der Waals surface area (Å²) in [5.41, 5.74) is 5.00. The lowest BCUT2D eigenvalue weighted by Crippen LogP contribution is -2.36. The zero-order valence-electron chi connectivity index (χ0n) is 8.54. The first-order chi connectivity index (χ1) is 6.02. The molecule has 1 atom stereocenters. The second-order valence-corrected chi connectivity index (χ2v) is 3.08. The van der Waals surface area contributed by atoms with Crippen LogP contribution in [0.2, 0.25) is 0 Å². The molecule has 4 heteroatoms. The van der Waals surface area contributed by atoms with Crippen LogP contribution in [0.5, 0.6) is 0 Å². The van der Waals surface area contributed by atoms with Crippen LogP contribution in [-0.4, -0.2) is 29.8 Å². The van der Waals surface area contributed by atoms with Gasteiger partial charge in [-0.15, -0.1) is 0 Å². The monoisotopic (exact) mass is 186 g/mol. The van der Waals surface area contributed by atoms with Crippen molar-refractivity contribution in [1.29, 1.82) is 0 Å². The Kier molecular flexibility index (Phi) is 5.11. The number of carbonyl (C=O) groups is 2. The van der Waals surface area contributed by atoms with Crippen LogP contribution >= 0.6 is 0 Å². The van der Waals surface area contributed by atoms with Gasteiger partial charge in [0.1, 0.15) is 0 Å². The van der Waals surface area contributed by atoms with E-state index >= 15 is 0 Å². The number of amides is 2. The average molecular weight is 186 g/mol. The van der Waals surface area contributed by atoms with Gasteiger partial charge in [0, 0.05) is 25.4 Å². The van der Waals surface area contributed by atoms with Gasteiger partial charge in [-0.2, -0.15) is 0 Å². The van der Waals surface area contributed by atoms with Crippen molar-refractivity contribution in [1.82, 2.24) is 4.90 Å². The number of rotatable bonds is 5. The van der Waals surface area contributed by atoms with E-state index in [-0.39, 0.29) is 18.2 Å². The molecule has 0 rings (SSSR count). The Morgan fingerprint density at radius 3 is 2.08 bits per heavy atom. The first kappa shape index (κ1) is 11.9. The van der Waals surface area contributed by atoms with Crippen molar-refractivity contribution in [2.24, 2.45) is 11.7 Å². The lowest BCUT2D eigenvalue weighted by atomic mass is 10.1. The van der Waals surface area contributed by atoms with Crippen LogP contribution < -0.4 is 5.73 Å². The van der Waals surface area contributed by atoms with E-state index in [2.05, 4.69) is 0 Å². The van der Waals surface area contributed by atoms with Crippen LogP contribution in [0.1, 0.15) is 27.2 Å². The average Bonchev–Trinajstić information content (AvgIpc) is 2.05. The lowest BCUT2D eigenvalue weighted by molar-refractivity contribution is -0.136. The second-order valence-electron chi connectivity index (χ2n) is 3.08. The SMILES string of the molecule is CCN(CC)C(=O)C(C)CC(N)=O. The fourth-order valence-electron chi connectivity index (χ4n) is 1.24. The quantitative estimate of drug-likeness (QED) is 0.674. The van der Waals surface area contributed by atoms with Crippen molar-refractivity contribution in [3.8, 4) is 0 Å². The van der Waals surface area contributed by atoms with Gasteiger partial charge in [-0.05, 0) is 13.8 Å². The van der Waals surface area contributed by atoms with Crippen LogP contribution in [0.25, 0.3) is 0 Å². The summed E-state index contributed by atoms with van der Waals surface area (Å²) < 4.78 is 0. The molecule has 13 heavy (non-hydrogen) atoms. The minimum Gasteiger partial charge on any atom is -0.370 e. The summed E-state index contributed by atoms with van der Waals surface area (Å²) >= 11 is 0. The van der Waals surface area contributed by atoms with E-state index in [1.165, 1.54) is 0 Å². The van der Waals surface area contributed by atoms with Gasteiger partial charge in [-0.3, -0.25) is 9.59 Å². The van der Waals surface area contributed by atoms with Crippen molar-refractivity contribution >= 4 is 11.8 Å². The molecule has 0 aromatic rings. The number of primary amides is 1. The van der Waals surface area contributed by atoms with Gasteiger partial charge in [0.05, 0.1) is 0 Å². The summed E-state index contributed by atoms with van der Waals surface area (Å²) in [6, 6.07) is 0. The summed E-state index contributed by atoms with van der Waals surface area (Å²) in [7, 11) is 0. The molecule has 0 spiro atoms. The molecule has 0 aliphatic heterocycles. The maximum absolute atomic E-state index is 11.6. The van der Waals surface area contributed by atoms with Gasteiger partial charge in [0.25, 0.3) is 0 Å². The molecule has 0 bridgehead atoms. The Hall–Kier alpha value is -1.06. The van der Waals surface area contributed by atoms with Crippen LogP contribution in [-0.2, 0) is 9.59 Å². The second kappa shape index (κ2) is 5.56. The third kappa shape index (κ3) is 3.92. The van der Waals surface area contributed by atoms with Crippen molar-refractivity contribution in [3.05, 3.63) is 0 Å². The molecule has 0 aromatic carbocycles. The molecule has 0 saturated carbocycles. The van der Waals surface area contributed by atoms with Gasteiger partial charge >= 0.3 is 0 Å². The smallest absolute Gasteiger partial charge is 0.225 e. The molecule has 0 aliphatic carbocycles. The molecule has 0 radical (unpaired) electrons. The highest BCUT2D eigenvalue weighted by atomic mass is 16.2. The number of nitrogens with zero attached hydrogens (tertiary/aromatic N) is 1. The number of carbonyl (C=O) groups excluding carboxylic acids is 2. The van der Waals surface area contributed by atoms with Crippen molar-refractivity contribution in [3.63, 3.8) is 0 Å². The first-order valence-corrected chi connectivity index (χ1v) is 4.60. The largest absolute Gasteiger partial charge is 0.370 e. The zero-order valence-corrected chi connectivity index (χ0v) is 8.54.